The predicted molar refractivity (Wildman–Crippen MR) is 121 cm³/mol. The van der Waals surface area contributed by atoms with Gasteiger partial charge >= 0.3 is 0 Å². The first-order valence-corrected chi connectivity index (χ1v) is 10.1. The average Bonchev–Trinajstić information content (AvgIpc) is 2.98. The van der Waals surface area contributed by atoms with Gasteiger partial charge in [0, 0.05) is 43.3 Å². The van der Waals surface area contributed by atoms with Crippen LogP contribution in [0.3, 0.4) is 0 Å². The number of anilines is 1. The first-order valence-electron chi connectivity index (χ1n) is 10.1. The molecular formula is C25H22N4O3. The smallest absolute Gasteiger partial charge is 0.246 e. The number of nitriles is 1. The SMILES string of the molecule is COCc1cc2c(c(COC)c1-c1cccnc1)C(c1cccc(C#N)c1)=NCC(=O)N2. The molecule has 0 fully saturated rings. The van der Waals surface area contributed by atoms with Gasteiger partial charge in [-0.2, -0.15) is 5.26 Å². The number of nitrogens with one attached hydrogen (secondary N) is 1. The van der Waals surface area contributed by atoms with E-state index in [1.165, 1.54) is 0 Å². The monoisotopic (exact) mass is 426 g/mol. The molecule has 0 aliphatic carbocycles. The minimum Gasteiger partial charge on any atom is -0.380 e. The van der Waals surface area contributed by atoms with Crippen LogP contribution in [0.25, 0.3) is 11.1 Å². The van der Waals surface area contributed by atoms with Gasteiger partial charge in [0.1, 0.15) is 6.54 Å². The zero-order valence-electron chi connectivity index (χ0n) is 17.9. The molecule has 0 unspecified atom stereocenters. The van der Waals surface area contributed by atoms with Gasteiger partial charge in [-0.1, -0.05) is 18.2 Å². The summed E-state index contributed by atoms with van der Waals surface area (Å²) < 4.78 is 11.1. The molecule has 3 aromatic rings. The molecular weight excluding hydrogens is 404 g/mol. The number of nitrogens with zero attached hydrogens (tertiary/aromatic N) is 3. The maximum Gasteiger partial charge on any atom is 0.246 e. The summed E-state index contributed by atoms with van der Waals surface area (Å²) >= 11 is 0. The van der Waals surface area contributed by atoms with Crippen molar-refractivity contribution < 1.29 is 14.3 Å². The fraction of sp³-hybridized carbons (Fsp3) is 0.200. The highest BCUT2D eigenvalue weighted by Gasteiger charge is 2.26. The van der Waals surface area contributed by atoms with E-state index in [1.54, 1.807) is 38.7 Å². The molecule has 1 amide bonds. The quantitative estimate of drug-likeness (QED) is 0.648. The summed E-state index contributed by atoms with van der Waals surface area (Å²) in [5.41, 5.74) is 6.94. The zero-order chi connectivity index (χ0) is 22.5. The van der Waals surface area contributed by atoms with Crippen molar-refractivity contribution in [2.45, 2.75) is 13.2 Å². The Morgan fingerprint density at radius 3 is 2.59 bits per heavy atom. The minimum absolute atomic E-state index is 0.0188. The second kappa shape index (κ2) is 9.52. The van der Waals surface area contributed by atoms with Gasteiger partial charge in [0.05, 0.1) is 36.2 Å². The lowest BCUT2D eigenvalue weighted by Gasteiger charge is -2.22. The molecule has 0 bridgehead atoms. The van der Waals surface area contributed by atoms with Crippen LogP contribution in [-0.2, 0) is 27.5 Å². The fourth-order valence-corrected chi connectivity index (χ4v) is 3.99. The molecule has 0 radical (unpaired) electrons. The lowest BCUT2D eigenvalue weighted by Crippen LogP contribution is -2.16. The standard InChI is InChI=1S/C25H22N4O3/c1-31-14-19-10-21-24(20(15-32-2)23(19)18-7-4-8-27-12-18)25(28-13-22(30)29-21)17-6-3-5-16(9-17)11-26/h3-10,12H,13-15H2,1-2H3,(H,29,30). The number of aromatic nitrogens is 1. The van der Waals surface area contributed by atoms with E-state index in [2.05, 4.69) is 21.4 Å². The zero-order valence-corrected chi connectivity index (χ0v) is 17.9. The van der Waals surface area contributed by atoms with Crippen LogP contribution in [0.1, 0.15) is 27.8 Å². The highest BCUT2D eigenvalue weighted by Crippen LogP contribution is 2.38. The van der Waals surface area contributed by atoms with E-state index < -0.39 is 0 Å². The van der Waals surface area contributed by atoms with E-state index in [0.717, 1.165) is 33.4 Å². The number of benzodiazepines with no additional fused rings is 1. The Hall–Kier alpha value is -3.86. The molecule has 1 aliphatic heterocycles. The van der Waals surface area contributed by atoms with Crippen LogP contribution in [0, 0.1) is 11.3 Å². The van der Waals surface area contributed by atoms with Crippen LogP contribution in [0.2, 0.25) is 0 Å². The van der Waals surface area contributed by atoms with Crippen LogP contribution in [0.15, 0.2) is 59.9 Å². The van der Waals surface area contributed by atoms with Crippen molar-refractivity contribution in [2.24, 2.45) is 4.99 Å². The van der Waals surface area contributed by atoms with E-state index in [4.69, 9.17) is 9.47 Å². The lowest BCUT2D eigenvalue weighted by molar-refractivity contribution is -0.114. The van der Waals surface area contributed by atoms with E-state index in [-0.39, 0.29) is 19.1 Å². The van der Waals surface area contributed by atoms with Crippen molar-refractivity contribution in [3.63, 3.8) is 0 Å². The molecule has 1 aliphatic rings. The first-order chi connectivity index (χ1) is 15.7. The van der Waals surface area contributed by atoms with Crippen LogP contribution in [0.5, 0.6) is 0 Å². The molecule has 0 spiro atoms. The summed E-state index contributed by atoms with van der Waals surface area (Å²) in [5, 5.41) is 12.4. The third kappa shape index (κ3) is 4.14. The predicted octanol–water partition coefficient (Wildman–Crippen LogP) is 3.70. The molecule has 160 valence electrons. The number of pyridine rings is 1. The third-order valence-electron chi connectivity index (χ3n) is 5.21. The van der Waals surface area contributed by atoms with Crippen molar-refractivity contribution in [2.75, 3.05) is 26.1 Å². The number of benzene rings is 2. The van der Waals surface area contributed by atoms with Gasteiger partial charge in [-0.3, -0.25) is 14.8 Å². The van der Waals surface area contributed by atoms with Crippen molar-refractivity contribution in [3.05, 3.63) is 82.7 Å². The van der Waals surface area contributed by atoms with E-state index in [9.17, 15) is 10.1 Å². The van der Waals surface area contributed by atoms with Gasteiger partial charge in [0.25, 0.3) is 0 Å². The Labute approximate surface area is 186 Å². The van der Waals surface area contributed by atoms with Crippen molar-refractivity contribution in [1.82, 2.24) is 4.98 Å². The molecule has 7 nitrogen and oxygen atoms in total. The Kier molecular flexibility index (Phi) is 6.36. The Morgan fingerprint density at radius 2 is 1.88 bits per heavy atom. The van der Waals surface area contributed by atoms with Gasteiger partial charge in [-0.05, 0) is 41.0 Å². The summed E-state index contributed by atoms with van der Waals surface area (Å²) in [5.74, 6) is -0.210. The minimum atomic E-state index is -0.210. The van der Waals surface area contributed by atoms with Gasteiger partial charge in [-0.15, -0.1) is 0 Å². The largest absolute Gasteiger partial charge is 0.380 e. The maximum atomic E-state index is 12.5. The summed E-state index contributed by atoms with van der Waals surface area (Å²) in [6, 6.07) is 15.2. The van der Waals surface area contributed by atoms with Gasteiger partial charge in [0.2, 0.25) is 5.91 Å². The summed E-state index contributed by atoms with van der Waals surface area (Å²) in [6.07, 6.45) is 3.52. The topological polar surface area (TPSA) is 96.6 Å². The number of carbonyl (C=O) groups excluding carboxylic acids is 1. The number of ether oxygens (including phenoxy) is 2. The van der Waals surface area contributed by atoms with Crippen LogP contribution in [0.4, 0.5) is 5.69 Å². The van der Waals surface area contributed by atoms with Crippen LogP contribution in [-0.4, -0.2) is 37.4 Å². The number of methoxy groups -OCH3 is 2. The Morgan fingerprint density at radius 1 is 1.06 bits per heavy atom. The van der Waals surface area contributed by atoms with Gasteiger partial charge < -0.3 is 14.8 Å². The van der Waals surface area contributed by atoms with E-state index >= 15 is 0 Å². The van der Waals surface area contributed by atoms with Gasteiger partial charge in [-0.25, -0.2) is 0 Å². The van der Waals surface area contributed by atoms with E-state index in [1.807, 2.05) is 30.3 Å². The average molecular weight is 426 g/mol. The second-order valence-corrected chi connectivity index (χ2v) is 7.33. The molecule has 0 atom stereocenters. The van der Waals surface area contributed by atoms with Gasteiger partial charge in [0.15, 0.2) is 0 Å². The number of hydrogen-bond donors (Lipinski definition) is 1. The van der Waals surface area contributed by atoms with Crippen molar-refractivity contribution >= 4 is 17.3 Å². The normalized spacial score (nSPS) is 12.9. The third-order valence-corrected chi connectivity index (χ3v) is 5.21. The summed E-state index contributed by atoms with van der Waals surface area (Å²) in [7, 11) is 3.26. The Bertz CT molecular complexity index is 1230. The van der Waals surface area contributed by atoms with Crippen LogP contribution >= 0.6 is 0 Å². The molecule has 2 aromatic carbocycles. The number of amides is 1. The number of hydrogen-bond acceptors (Lipinski definition) is 6. The second-order valence-electron chi connectivity index (χ2n) is 7.33. The summed E-state index contributed by atoms with van der Waals surface area (Å²) in [4.78, 5) is 21.4. The van der Waals surface area contributed by atoms with E-state index in [0.29, 0.717) is 23.6 Å². The Balaban J connectivity index is 2.06. The molecule has 0 saturated carbocycles. The molecule has 4 rings (SSSR count). The molecule has 7 heteroatoms. The number of fused-ring (bicyclic) bond motifs is 1. The molecule has 0 saturated heterocycles. The molecule has 2 heterocycles. The van der Waals surface area contributed by atoms with Crippen molar-refractivity contribution in [1.29, 1.82) is 5.26 Å². The molecule has 32 heavy (non-hydrogen) atoms. The van der Waals surface area contributed by atoms with Crippen molar-refractivity contribution in [3.8, 4) is 17.2 Å². The molecule has 1 N–H and O–H groups in total. The first kappa shape index (κ1) is 21.4. The molecule has 1 aromatic heterocycles. The number of aliphatic imine (C=N–C) groups is 1. The fourth-order valence-electron chi connectivity index (χ4n) is 3.99. The van der Waals surface area contributed by atoms with Crippen LogP contribution < -0.4 is 5.32 Å². The highest BCUT2D eigenvalue weighted by atomic mass is 16.5. The highest BCUT2D eigenvalue weighted by molar-refractivity contribution is 6.21. The summed E-state index contributed by atoms with van der Waals surface area (Å²) in [6.45, 7) is 0.618. The number of rotatable bonds is 6. The number of carbonyl (C=O) groups is 1. The lowest BCUT2D eigenvalue weighted by atomic mass is 9.86. The maximum absolute atomic E-state index is 12.5.